The summed E-state index contributed by atoms with van der Waals surface area (Å²) in [5.41, 5.74) is 15.5. The third-order valence-electron chi connectivity index (χ3n) is 6.79. The van der Waals surface area contributed by atoms with E-state index in [1.807, 2.05) is 24.6 Å². The summed E-state index contributed by atoms with van der Waals surface area (Å²) in [6, 6.07) is 8.15. The van der Waals surface area contributed by atoms with Gasteiger partial charge in [0.2, 0.25) is 18.2 Å². The first-order valence-corrected chi connectivity index (χ1v) is 17.8. The number of carbonyl (C=O) groups excluding carboxylic acids is 3. The van der Waals surface area contributed by atoms with E-state index in [-0.39, 0.29) is 29.8 Å². The molecule has 1 unspecified atom stereocenters. The van der Waals surface area contributed by atoms with Crippen molar-refractivity contribution in [3.8, 4) is 10.4 Å². The molecule has 15 heteroatoms. The summed E-state index contributed by atoms with van der Waals surface area (Å²) in [5.74, 6) is -0.193. The molecule has 0 aliphatic carbocycles. The van der Waals surface area contributed by atoms with E-state index in [2.05, 4.69) is 43.2 Å². The zero-order valence-electron chi connectivity index (χ0n) is 30.2. The van der Waals surface area contributed by atoms with Crippen molar-refractivity contribution in [1.82, 2.24) is 15.2 Å². The summed E-state index contributed by atoms with van der Waals surface area (Å²) in [7, 11) is 0. The lowest BCUT2D eigenvalue weighted by Crippen LogP contribution is -2.32. The minimum absolute atomic E-state index is 0.0463. The number of aromatic nitrogens is 1. The highest BCUT2D eigenvalue weighted by molar-refractivity contribution is 7.13. The van der Waals surface area contributed by atoms with E-state index in [1.54, 1.807) is 16.2 Å². The Bertz CT molecular complexity index is 1180. The first-order valence-electron chi connectivity index (χ1n) is 17.0. The minimum atomic E-state index is -0.363. The van der Waals surface area contributed by atoms with Crippen LogP contribution in [-0.4, -0.2) is 125 Å². The average Bonchev–Trinajstić information content (AvgIpc) is 3.71. The van der Waals surface area contributed by atoms with E-state index in [4.69, 9.17) is 35.2 Å². The van der Waals surface area contributed by atoms with E-state index >= 15 is 0 Å². The molecule has 2 aromatic rings. The molecule has 3 amide bonds. The molecule has 1 fully saturated rings. The van der Waals surface area contributed by atoms with Gasteiger partial charge in [-0.2, -0.15) is 0 Å². The maximum atomic E-state index is 11.6. The average molecular weight is 726 g/mol. The van der Waals surface area contributed by atoms with Crippen LogP contribution >= 0.6 is 11.3 Å². The van der Waals surface area contributed by atoms with Gasteiger partial charge in [0.15, 0.2) is 0 Å². The van der Waals surface area contributed by atoms with Gasteiger partial charge in [-0.05, 0) is 29.9 Å². The summed E-state index contributed by atoms with van der Waals surface area (Å²) in [6.45, 7) is 15.5. The summed E-state index contributed by atoms with van der Waals surface area (Å²) < 4.78 is 26.1. The molecule has 0 saturated carbocycles. The zero-order valence-corrected chi connectivity index (χ0v) is 31.0. The molecule has 2 heterocycles. The number of nitrogens with one attached hydrogen (secondary N) is 1. The summed E-state index contributed by atoms with van der Waals surface area (Å²) in [5, 5.41) is 11.9. The molecule has 6 N–H and O–H groups in total. The van der Waals surface area contributed by atoms with E-state index in [1.165, 1.54) is 10.4 Å². The van der Waals surface area contributed by atoms with E-state index in [0.29, 0.717) is 98.5 Å². The number of hydrogen-bond acceptors (Lipinski definition) is 12. The first-order chi connectivity index (χ1) is 24.0. The van der Waals surface area contributed by atoms with Crippen LogP contribution in [0, 0.1) is 12.3 Å². The molecule has 1 aliphatic heterocycles. The van der Waals surface area contributed by atoms with Crippen LogP contribution in [0.4, 0.5) is 0 Å². The van der Waals surface area contributed by atoms with E-state index in [0.717, 1.165) is 24.2 Å². The SMILES string of the molecule is CC(C)(C)CC(=O)N1CCC(O)C1.Cc1ncsc1-c1ccc(CNC=O)cc1.NCCOCCOCCOCCOCCOCCC(N)=O. The highest BCUT2D eigenvalue weighted by Crippen LogP contribution is 2.27. The van der Waals surface area contributed by atoms with Crippen molar-refractivity contribution in [3.05, 3.63) is 41.0 Å². The normalized spacial score (nSPS) is 14.0. The molecule has 284 valence electrons. The molecule has 1 aromatic heterocycles. The second-order valence-electron chi connectivity index (χ2n) is 12.5. The number of nitrogens with two attached hydrogens (primary N) is 2. The topological polar surface area (TPSA) is 198 Å². The number of rotatable bonds is 22. The highest BCUT2D eigenvalue weighted by Gasteiger charge is 2.27. The van der Waals surface area contributed by atoms with Crippen molar-refractivity contribution < 1.29 is 43.2 Å². The van der Waals surface area contributed by atoms with Gasteiger partial charge in [0.25, 0.3) is 0 Å². The number of ether oxygens (including phenoxy) is 5. The van der Waals surface area contributed by atoms with Crippen LogP contribution in [0.1, 0.15) is 51.3 Å². The largest absolute Gasteiger partial charge is 0.391 e. The predicted octanol–water partition coefficient (Wildman–Crippen LogP) is 2.28. The Balaban J connectivity index is 0.000000385. The Morgan fingerprint density at radius 3 is 1.92 bits per heavy atom. The van der Waals surface area contributed by atoms with Crippen molar-refractivity contribution in [2.75, 3.05) is 85.7 Å². The second-order valence-corrected chi connectivity index (χ2v) is 13.4. The molecule has 0 bridgehead atoms. The number of aliphatic hydroxyl groups is 1. The number of thiazole rings is 1. The number of hydrogen-bond donors (Lipinski definition) is 4. The third kappa shape index (κ3) is 23.4. The van der Waals surface area contributed by atoms with Crippen LogP contribution in [-0.2, 0) is 44.6 Å². The Morgan fingerprint density at radius 1 is 0.960 bits per heavy atom. The Labute approximate surface area is 301 Å². The van der Waals surface area contributed by atoms with Gasteiger partial charge >= 0.3 is 0 Å². The molecule has 1 aromatic carbocycles. The van der Waals surface area contributed by atoms with E-state index in [9.17, 15) is 19.5 Å². The summed E-state index contributed by atoms with van der Waals surface area (Å²) >= 11 is 1.64. The van der Waals surface area contributed by atoms with Crippen molar-refractivity contribution in [2.45, 2.75) is 59.6 Å². The molecule has 1 atom stereocenters. The molecule has 50 heavy (non-hydrogen) atoms. The number of amides is 3. The standard InChI is InChI=1S/C13H28N2O6.C12H12N2OS.C10H19NO2/c14-2-4-18-6-8-20-10-12-21-11-9-19-7-5-17-3-1-13(15)16;1-9-12(16-8-14-9)11-4-2-10(3-5-11)6-13-7-15;1-10(2,3)6-9(13)11-5-4-8(12)7-11/h1-12,14H2,(H2,15,16);2-5,7-8H,6H2,1H3,(H,13,15);8,12H,4-7H2,1-3H3. The number of aryl methyl sites for hydroxylation is 1. The molecule has 0 spiro atoms. The second kappa shape index (κ2) is 27.7. The van der Waals surface area contributed by atoms with Crippen LogP contribution in [0.3, 0.4) is 0 Å². The quantitative estimate of drug-likeness (QED) is 0.103. The van der Waals surface area contributed by atoms with Gasteiger partial charge in [-0.1, -0.05) is 45.0 Å². The van der Waals surface area contributed by atoms with Gasteiger partial charge in [0.1, 0.15) is 0 Å². The third-order valence-corrected chi connectivity index (χ3v) is 7.77. The van der Waals surface area contributed by atoms with Gasteiger partial charge in [-0.15, -0.1) is 11.3 Å². The smallest absolute Gasteiger partial charge is 0.223 e. The monoisotopic (exact) mass is 725 g/mol. The van der Waals surface area contributed by atoms with E-state index < -0.39 is 0 Å². The molecule has 1 saturated heterocycles. The fourth-order valence-corrected chi connectivity index (χ4v) is 5.10. The van der Waals surface area contributed by atoms with Crippen molar-refractivity contribution >= 4 is 29.6 Å². The number of likely N-dealkylation sites (tertiary alicyclic amines) is 1. The van der Waals surface area contributed by atoms with Crippen LogP contribution in [0.5, 0.6) is 0 Å². The number of nitrogens with zero attached hydrogens (tertiary/aromatic N) is 2. The first kappa shape index (κ1) is 45.0. The molecular weight excluding hydrogens is 666 g/mol. The lowest BCUT2D eigenvalue weighted by molar-refractivity contribution is -0.132. The maximum absolute atomic E-state index is 11.6. The molecular formula is C35H59N5O9S. The lowest BCUT2D eigenvalue weighted by Gasteiger charge is -2.22. The van der Waals surface area contributed by atoms with Crippen LogP contribution in [0.25, 0.3) is 10.4 Å². The maximum Gasteiger partial charge on any atom is 0.223 e. The molecule has 3 rings (SSSR count). The lowest BCUT2D eigenvalue weighted by atomic mass is 9.92. The van der Waals surface area contributed by atoms with Gasteiger partial charge in [0, 0.05) is 39.0 Å². The number of primary amides is 1. The van der Waals surface area contributed by atoms with Gasteiger partial charge in [0.05, 0.1) is 88.3 Å². The fourth-order valence-electron chi connectivity index (χ4n) is 4.28. The number of carbonyl (C=O) groups is 3. The Kier molecular flexibility index (Phi) is 24.9. The van der Waals surface area contributed by atoms with Crippen molar-refractivity contribution in [2.24, 2.45) is 16.9 Å². The van der Waals surface area contributed by atoms with Crippen molar-refractivity contribution in [1.29, 1.82) is 0 Å². The van der Waals surface area contributed by atoms with Gasteiger partial charge in [-0.25, -0.2) is 4.98 Å². The highest BCUT2D eigenvalue weighted by atomic mass is 32.1. The van der Waals surface area contributed by atoms with Crippen LogP contribution < -0.4 is 16.8 Å². The molecule has 1 aliphatic rings. The Hall–Kier alpha value is -3.02. The van der Waals surface area contributed by atoms with Crippen molar-refractivity contribution in [3.63, 3.8) is 0 Å². The van der Waals surface area contributed by atoms with Crippen LogP contribution in [0.2, 0.25) is 0 Å². The summed E-state index contributed by atoms with van der Waals surface area (Å²) in [6.07, 6.45) is 1.95. The number of β-amino-alcohol motifs (C(OH)–C–C–N with tert-alkyl or cyclic N) is 1. The van der Waals surface area contributed by atoms with Gasteiger partial charge < -0.3 is 50.5 Å². The van der Waals surface area contributed by atoms with Crippen LogP contribution in [0.15, 0.2) is 29.8 Å². The minimum Gasteiger partial charge on any atom is -0.391 e. The van der Waals surface area contributed by atoms with Gasteiger partial charge in [-0.3, -0.25) is 14.4 Å². The number of aliphatic hydroxyl groups excluding tert-OH is 1. The molecule has 0 radical (unpaired) electrons. The Morgan fingerprint density at radius 2 is 1.50 bits per heavy atom. The molecule has 14 nitrogen and oxygen atoms in total. The summed E-state index contributed by atoms with van der Waals surface area (Å²) in [4.78, 5) is 39.4. The number of benzene rings is 1. The fraction of sp³-hybridized carbons (Fsp3) is 0.657. The zero-order chi connectivity index (χ0) is 37.0. The predicted molar refractivity (Wildman–Crippen MR) is 193 cm³/mol.